The van der Waals surface area contributed by atoms with Gasteiger partial charge in [-0.15, -0.1) is 0 Å². The van der Waals surface area contributed by atoms with Gasteiger partial charge in [0.2, 0.25) is 5.95 Å². The summed E-state index contributed by atoms with van der Waals surface area (Å²) >= 11 is 0. The second-order valence-corrected chi connectivity index (χ2v) is 17.6. The molecule has 6 nitrogen and oxygen atoms in total. The Labute approximate surface area is 413 Å². The highest BCUT2D eigenvalue weighted by Crippen LogP contribution is 2.44. The zero-order chi connectivity index (χ0) is 52.8. The summed E-state index contributed by atoms with van der Waals surface area (Å²) in [5.41, 5.74) is 10.3. The minimum Gasteiger partial charge on any atom is -0.309 e. The average Bonchev–Trinajstić information content (AvgIpc) is 4.33. The number of fused-ring (bicyclic) bond motifs is 12. The van der Waals surface area contributed by atoms with Gasteiger partial charge in [0.25, 0.3) is 0 Å². The Morgan fingerprint density at radius 2 is 0.814 bits per heavy atom. The third-order valence-corrected chi connectivity index (χ3v) is 13.9. The highest BCUT2D eigenvalue weighted by molar-refractivity contribution is 6.14. The van der Waals surface area contributed by atoms with Crippen molar-refractivity contribution in [2.75, 3.05) is 0 Å². The fourth-order valence-corrected chi connectivity index (χ4v) is 11.0. The SMILES string of the molecule is [2H]c1c([2H])c([2H])c2c(c1[2H])c1ccccc1n2-c1cc(-c2c(-c3ccc4c(c3)c3ccccc3n4-c3ccccc3)cccc2-n2c3ccccc3c3ccccc32)nc(-n2c3ccccc3c3c([2H])c([2H])c([2H])c([2H])c32)n1. The van der Waals surface area contributed by atoms with Crippen molar-refractivity contribution in [2.24, 2.45) is 0 Å². The second kappa shape index (κ2) is 15.0. The van der Waals surface area contributed by atoms with Crippen LogP contribution in [0.5, 0.6) is 0 Å². The van der Waals surface area contributed by atoms with Gasteiger partial charge in [-0.25, -0.2) is 4.98 Å². The first kappa shape index (κ1) is 31.5. The van der Waals surface area contributed by atoms with E-state index in [1.165, 1.54) is 0 Å². The molecule has 0 aliphatic carbocycles. The predicted octanol–water partition coefficient (Wildman–Crippen LogP) is 16.2. The zero-order valence-corrected chi connectivity index (χ0v) is 37.2. The van der Waals surface area contributed by atoms with Gasteiger partial charge in [0, 0.05) is 60.4 Å². The Morgan fingerprint density at radius 1 is 0.329 bits per heavy atom. The van der Waals surface area contributed by atoms with Crippen molar-refractivity contribution in [1.82, 2.24) is 28.2 Å². The van der Waals surface area contributed by atoms with Gasteiger partial charge < -0.3 is 9.13 Å². The van der Waals surface area contributed by atoms with Crippen LogP contribution in [0.25, 0.3) is 133 Å². The van der Waals surface area contributed by atoms with E-state index in [0.717, 1.165) is 66.1 Å². The molecule has 0 bridgehead atoms. The molecule has 0 saturated carbocycles. The van der Waals surface area contributed by atoms with Crippen LogP contribution >= 0.6 is 0 Å². The van der Waals surface area contributed by atoms with Crippen molar-refractivity contribution in [3.63, 3.8) is 0 Å². The molecule has 15 aromatic rings. The first-order valence-corrected chi connectivity index (χ1v) is 23.2. The molecular weight excluding hydrogens is 853 g/mol. The van der Waals surface area contributed by atoms with Crippen LogP contribution in [0, 0.1) is 0 Å². The predicted molar refractivity (Wildman–Crippen MR) is 290 cm³/mol. The lowest BCUT2D eigenvalue weighted by Crippen LogP contribution is -2.09. The number of rotatable bonds is 6. The molecule has 5 aromatic heterocycles. The summed E-state index contributed by atoms with van der Waals surface area (Å²) in [6.07, 6.45) is 0. The Kier molecular flexibility index (Phi) is 6.74. The molecule has 0 atom stereocenters. The zero-order valence-electron chi connectivity index (χ0n) is 45.2. The highest BCUT2D eigenvalue weighted by atomic mass is 15.2. The Bertz CT molecular complexity index is 4880. The average molecular weight is 901 g/mol. The number of para-hydroxylation sites is 8. The Morgan fingerprint density at radius 3 is 1.44 bits per heavy atom. The first-order chi connectivity index (χ1) is 38.1. The molecule has 6 heteroatoms. The molecule has 10 aromatic carbocycles. The van der Waals surface area contributed by atoms with Crippen LogP contribution < -0.4 is 0 Å². The topological polar surface area (TPSA) is 45.5 Å². The lowest BCUT2D eigenvalue weighted by atomic mass is 9.94. The van der Waals surface area contributed by atoms with E-state index in [-0.39, 0.29) is 59.1 Å². The van der Waals surface area contributed by atoms with Crippen molar-refractivity contribution >= 4 is 87.2 Å². The molecule has 0 aliphatic rings. The molecule has 0 fully saturated rings. The molecule has 0 aliphatic heterocycles. The van der Waals surface area contributed by atoms with E-state index >= 15 is 0 Å². The van der Waals surface area contributed by atoms with Gasteiger partial charge >= 0.3 is 0 Å². The largest absolute Gasteiger partial charge is 0.309 e. The van der Waals surface area contributed by atoms with E-state index in [2.05, 4.69) is 106 Å². The van der Waals surface area contributed by atoms with Crippen molar-refractivity contribution in [1.29, 1.82) is 0 Å². The van der Waals surface area contributed by atoms with Crippen molar-refractivity contribution in [3.05, 3.63) is 242 Å². The van der Waals surface area contributed by atoms with Gasteiger partial charge in [-0.2, -0.15) is 4.98 Å². The molecule has 5 heterocycles. The normalized spacial score (nSPS) is 13.6. The number of hydrogen-bond acceptors (Lipinski definition) is 2. The molecule has 0 spiro atoms. The third-order valence-electron chi connectivity index (χ3n) is 13.9. The van der Waals surface area contributed by atoms with Crippen LogP contribution in [0.2, 0.25) is 0 Å². The second-order valence-electron chi connectivity index (χ2n) is 17.6. The molecular formula is C64H40N6. The molecule has 0 saturated heterocycles. The van der Waals surface area contributed by atoms with E-state index < -0.39 is 12.1 Å². The maximum Gasteiger partial charge on any atom is 0.237 e. The summed E-state index contributed by atoms with van der Waals surface area (Å²) in [5, 5.41) is 6.06. The van der Waals surface area contributed by atoms with Gasteiger partial charge in [-0.3, -0.25) is 9.13 Å². The Hall–Kier alpha value is -9.52. The smallest absolute Gasteiger partial charge is 0.237 e. The molecule has 0 unspecified atom stereocenters. The van der Waals surface area contributed by atoms with Crippen molar-refractivity contribution in [3.8, 4) is 45.5 Å². The van der Waals surface area contributed by atoms with Gasteiger partial charge in [-0.05, 0) is 83.9 Å². The number of aromatic nitrogens is 6. The van der Waals surface area contributed by atoms with Gasteiger partial charge in [0.15, 0.2) is 0 Å². The maximum atomic E-state index is 9.53. The van der Waals surface area contributed by atoms with Crippen LogP contribution in [0.15, 0.2) is 242 Å². The number of nitrogens with zero attached hydrogens (tertiary/aromatic N) is 6. The summed E-state index contributed by atoms with van der Waals surface area (Å²) in [6.45, 7) is 0. The molecule has 70 heavy (non-hydrogen) atoms. The monoisotopic (exact) mass is 900 g/mol. The summed E-state index contributed by atoms with van der Waals surface area (Å²) in [4.78, 5) is 11.0. The summed E-state index contributed by atoms with van der Waals surface area (Å²) in [6, 6.07) is 62.5. The van der Waals surface area contributed by atoms with Crippen molar-refractivity contribution < 1.29 is 11.0 Å². The molecule has 326 valence electrons. The van der Waals surface area contributed by atoms with E-state index in [4.69, 9.17) is 15.5 Å². The number of hydrogen-bond donors (Lipinski definition) is 0. The third kappa shape index (κ3) is 5.56. The fraction of sp³-hybridized carbons (Fsp3) is 0. The minimum absolute atomic E-state index is 0.0786. The lowest BCUT2D eigenvalue weighted by Gasteiger charge is -2.20. The minimum atomic E-state index is -0.408. The quantitative estimate of drug-likeness (QED) is 0.167. The molecule has 0 radical (unpaired) electrons. The van der Waals surface area contributed by atoms with E-state index in [9.17, 15) is 5.48 Å². The maximum absolute atomic E-state index is 9.53. The van der Waals surface area contributed by atoms with Gasteiger partial charge in [0.1, 0.15) is 5.82 Å². The van der Waals surface area contributed by atoms with Crippen LogP contribution in [0.3, 0.4) is 0 Å². The first-order valence-electron chi connectivity index (χ1n) is 27.2. The van der Waals surface area contributed by atoms with Crippen LogP contribution in [0.1, 0.15) is 11.0 Å². The number of benzene rings is 10. The van der Waals surface area contributed by atoms with E-state index in [1.54, 1.807) is 9.13 Å². The Balaban J connectivity index is 1.13. The van der Waals surface area contributed by atoms with Crippen LogP contribution in [-0.4, -0.2) is 28.2 Å². The lowest BCUT2D eigenvalue weighted by molar-refractivity contribution is 0.951. The molecule has 0 amide bonds. The summed E-state index contributed by atoms with van der Waals surface area (Å²) in [5.74, 6) is 0.345. The van der Waals surface area contributed by atoms with Crippen LogP contribution in [-0.2, 0) is 0 Å². The van der Waals surface area contributed by atoms with Crippen molar-refractivity contribution in [2.45, 2.75) is 0 Å². The standard InChI is InChI=1S/C64H40N6/c1-2-19-42(20-3-1)67-53-29-11-10-27-50(53)51-39-41(37-38-60(51)67)43-28-18-36-61(68-54-30-12-4-21-44(54)45-22-5-13-31-55(45)68)63(43)52-40-62(69-56-32-14-6-23-46(56)47-24-7-15-33-57(47)69)66-64(65-52)70-58-34-16-8-25-48(58)49-26-9-17-35-59(49)70/h1-40H/i6D,8D,14D,16D,23D,25D,32D,34D. The van der Waals surface area contributed by atoms with Gasteiger partial charge in [0.05, 0.1) is 66.5 Å². The summed E-state index contributed by atoms with van der Waals surface area (Å²) in [7, 11) is 0. The van der Waals surface area contributed by atoms with E-state index in [0.29, 0.717) is 43.8 Å². The van der Waals surface area contributed by atoms with E-state index in [1.807, 2.05) is 97.1 Å². The van der Waals surface area contributed by atoms with Gasteiger partial charge in [-0.1, -0.05) is 164 Å². The van der Waals surface area contributed by atoms with Crippen LogP contribution in [0.4, 0.5) is 0 Å². The molecule has 0 N–H and O–H groups in total. The molecule has 15 rings (SSSR count). The highest BCUT2D eigenvalue weighted by Gasteiger charge is 2.25. The fourth-order valence-electron chi connectivity index (χ4n) is 11.0. The summed E-state index contributed by atoms with van der Waals surface area (Å²) < 4.78 is 81.2.